The second-order valence-corrected chi connectivity index (χ2v) is 3.19. The van der Waals surface area contributed by atoms with Crippen molar-refractivity contribution >= 4 is 5.91 Å². The van der Waals surface area contributed by atoms with Gasteiger partial charge in [-0.25, -0.2) is 0 Å². The largest absolute Gasteiger partial charge is 0.355 e. The van der Waals surface area contributed by atoms with Crippen LogP contribution < -0.4 is 10.6 Å². The highest BCUT2D eigenvalue weighted by Gasteiger charge is 2.10. The fourth-order valence-electron chi connectivity index (χ4n) is 1.10. The third-order valence-electron chi connectivity index (χ3n) is 1.95. The van der Waals surface area contributed by atoms with E-state index in [2.05, 4.69) is 20.6 Å². The van der Waals surface area contributed by atoms with Crippen LogP contribution in [-0.4, -0.2) is 28.5 Å². The number of aromatic nitrogens is 2. The highest BCUT2D eigenvalue weighted by atomic mass is 16.2. The molecule has 0 aromatic carbocycles. The zero-order valence-corrected chi connectivity index (χ0v) is 9.03. The van der Waals surface area contributed by atoms with E-state index in [9.17, 15) is 4.79 Å². The van der Waals surface area contributed by atoms with E-state index in [0.717, 1.165) is 5.69 Å². The maximum absolute atomic E-state index is 11.4. The van der Waals surface area contributed by atoms with Crippen LogP contribution in [0.1, 0.15) is 19.5 Å². The predicted molar refractivity (Wildman–Crippen MR) is 57.0 cm³/mol. The Hall–Kier alpha value is -1.49. The molecule has 1 rings (SSSR count). The number of rotatable bonds is 5. The molecule has 0 aliphatic carbocycles. The van der Waals surface area contributed by atoms with Crippen LogP contribution in [0.2, 0.25) is 0 Å². The molecule has 0 saturated heterocycles. The lowest BCUT2D eigenvalue weighted by atomic mass is 10.3. The summed E-state index contributed by atoms with van der Waals surface area (Å²) >= 11 is 0. The molecule has 1 aromatic heterocycles. The first-order valence-electron chi connectivity index (χ1n) is 5.00. The summed E-state index contributed by atoms with van der Waals surface area (Å²) in [4.78, 5) is 19.4. The zero-order valence-electron chi connectivity index (χ0n) is 9.03. The van der Waals surface area contributed by atoms with Crippen molar-refractivity contribution in [1.82, 2.24) is 20.6 Å². The average Bonchev–Trinajstić information content (AvgIpc) is 2.27. The number of hydrogen-bond donors (Lipinski definition) is 2. The van der Waals surface area contributed by atoms with Gasteiger partial charge in [0.05, 0.1) is 11.7 Å². The van der Waals surface area contributed by atoms with Gasteiger partial charge in [0.2, 0.25) is 5.91 Å². The molecular weight excluding hydrogens is 192 g/mol. The monoisotopic (exact) mass is 208 g/mol. The molecule has 1 atom stereocenters. The lowest BCUT2D eigenvalue weighted by molar-refractivity contribution is -0.122. The first-order chi connectivity index (χ1) is 7.24. The molecule has 0 spiro atoms. The van der Waals surface area contributed by atoms with Crippen molar-refractivity contribution in [2.24, 2.45) is 0 Å². The molecule has 0 radical (unpaired) electrons. The molecule has 15 heavy (non-hydrogen) atoms. The number of carbonyl (C=O) groups excluding carboxylic acids is 1. The Morgan fingerprint density at radius 1 is 1.53 bits per heavy atom. The smallest absolute Gasteiger partial charge is 0.236 e. The molecule has 5 nitrogen and oxygen atoms in total. The lowest BCUT2D eigenvalue weighted by Gasteiger charge is -2.12. The van der Waals surface area contributed by atoms with Gasteiger partial charge in [0, 0.05) is 31.7 Å². The summed E-state index contributed by atoms with van der Waals surface area (Å²) in [5.74, 6) is 0.00129. The van der Waals surface area contributed by atoms with Crippen LogP contribution >= 0.6 is 0 Å². The van der Waals surface area contributed by atoms with Gasteiger partial charge >= 0.3 is 0 Å². The molecule has 0 aliphatic heterocycles. The number of hydrogen-bond acceptors (Lipinski definition) is 4. The molecule has 0 fully saturated rings. The quantitative estimate of drug-likeness (QED) is 0.719. The molecule has 5 heteroatoms. The van der Waals surface area contributed by atoms with Gasteiger partial charge in [-0.15, -0.1) is 0 Å². The average molecular weight is 208 g/mol. The van der Waals surface area contributed by atoms with Gasteiger partial charge in [-0.2, -0.15) is 0 Å². The van der Waals surface area contributed by atoms with Crippen LogP contribution in [0.15, 0.2) is 18.6 Å². The van der Waals surface area contributed by atoms with Gasteiger partial charge in [0.1, 0.15) is 0 Å². The van der Waals surface area contributed by atoms with E-state index in [-0.39, 0.29) is 11.9 Å². The Labute approximate surface area is 89.3 Å². The molecule has 1 unspecified atom stereocenters. The number of carbonyl (C=O) groups is 1. The molecule has 2 N–H and O–H groups in total. The number of amides is 1. The van der Waals surface area contributed by atoms with E-state index in [4.69, 9.17) is 0 Å². The van der Waals surface area contributed by atoms with Crippen molar-refractivity contribution in [3.63, 3.8) is 0 Å². The summed E-state index contributed by atoms with van der Waals surface area (Å²) in [5.41, 5.74) is 0.827. The zero-order chi connectivity index (χ0) is 11.1. The summed E-state index contributed by atoms with van der Waals surface area (Å²) < 4.78 is 0. The normalized spacial score (nSPS) is 12.1. The van der Waals surface area contributed by atoms with Crippen molar-refractivity contribution in [3.05, 3.63) is 24.3 Å². The van der Waals surface area contributed by atoms with Crippen molar-refractivity contribution in [1.29, 1.82) is 0 Å². The van der Waals surface area contributed by atoms with Gasteiger partial charge in [-0.1, -0.05) is 0 Å². The van der Waals surface area contributed by atoms with Crippen LogP contribution in [0.25, 0.3) is 0 Å². The van der Waals surface area contributed by atoms with Crippen molar-refractivity contribution < 1.29 is 4.79 Å². The minimum atomic E-state index is -0.216. The van der Waals surface area contributed by atoms with Crippen molar-refractivity contribution in [2.45, 2.75) is 26.4 Å². The molecule has 0 bridgehead atoms. The minimum absolute atomic E-state index is 0.00129. The van der Waals surface area contributed by atoms with E-state index >= 15 is 0 Å². The maximum atomic E-state index is 11.4. The summed E-state index contributed by atoms with van der Waals surface area (Å²) in [7, 11) is 0. The van der Waals surface area contributed by atoms with Gasteiger partial charge < -0.3 is 10.6 Å². The maximum Gasteiger partial charge on any atom is 0.236 e. The second-order valence-electron chi connectivity index (χ2n) is 3.19. The van der Waals surface area contributed by atoms with Crippen LogP contribution in [0.3, 0.4) is 0 Å². The van der Waals surface area contributed by atoms with Gasteiger partial charge in [0.15, 0.2) is 0 Å². The second kappa shape index (κ2) is 6.08. The van der Waals surface area contributed by atoms with Crippen LogP contribution in [-0.2, 0) is 11.3 Å². The first-order valence-corrected chi connectivity index (χ1v) is 5.00. The topological polar surface area (TPSA) is 66.9 Å². The van der Waals surface area contributed by atoms with Gasteiger partial charge in [-0.3, -0.25) is 14.8 Å². The molecule has 0 saturated carbocycles. The highest BCUT2D eigenvalue weighted by molar-refractivity contribution is 5.81. The van der Waals surface area contributed by atoms with Crippen molar-refractivity contribution in [3.8, 4) is 0 Å². The third kappa shape index (κ3) is 4.03. The van der Waals surface area contributed by atoms with E-state index in [1.165, 1.54) is 0 Å². The van der Waals surface area contributed by atoms with Crippen LogP contribution in [0.5, 0.6) is 0 Å². The Morgan fingerprint density at radius 2 is 2.33 bits per heavy atom. The number of likely N-dealkylation sites (N-methyl/N-ethyl adjacent to an activating group) is 1. The molecular formula is C10H16N4O. The fourth-order valence-corrected chi connectivity index (χ4v) is 1.10. The molecule has 82 valence electrons. The Morgan fingerprint density at radius 3 is 2.93 bits per heavy atom. The van der Waals surface area contributed by atoms with Crippen LogP contribution in [0, 0.1) is 0 Å². The van der Waals surface area contributed by atoms with E-state index < -0.39 is 0 Å². The minimum Gasteiger partial charge on any atom is -0.355 e. The van der Waals surface area contributed by atoms with E-state index in [0.29, 0.717) is 13.1 Å². The summed E-state index contributed by atoms with van der Waals surface area (Å²) in [5, 5.41) is 5.81. The fraction of sp³-hybridized carbons (Fsp3) is 0.500. The third-order valence-corrected chi connectivity index (χ3v) is 1.95. The van der Waals surface area contributed by atoms with Crippen molar-refractivity contribution in [2.75, 3.05) is 6.54 Å². The Bertz CT molecular complexity index is 302. The SMILES string of the molecule is CCNC(=O)C(C)NCc1cnccn1. The van der Waals surface area contributed by atoms with Gasteiger partial charge in [0.25, 0.3) is 0 Å². The molecule has 1 aromatic rings. The van der Waals surface area contributed by atoms with E-state index in [1.54, 1.807) is 18.6 Å². The molecule has 1 amide bonds. The van der Waals surface area contributed by atoms with E-state index in [1.807, 2.05) is 13.8 Å². The van der Waals surface area contributed by atoms with Gasteiger partial charge in [-0.05, 0) is 13.8 Å². The van der Waals surface area contributed by atoms with Crippen LogP contribution in [0.4, 0.5) is 0 Å². The first kappa shape index (κ1) is 11.6. The standard InChI is InChI=1S/C10H16N4O/c1-3-12-10(15)8(2)14-7-9-6-11-4-5-13-9/h4-6,8,14H,3,7H2,1-2H3,(H,12,15). The molecule has 0 aliphatic rings. The summed E-state index contributed by atoms with van der Waals surface area (Å²) in [6.07, 6.45) is 4.93. The summed E-state index contributed by atoms with van der Waals surface area (Å²) in [6, 6.07) is -0.216. The highest BCUT2D eigenvalue weighted by Crippen LogP contribution is 1.91. The summed E-state index contributed by atoms with van der Waals surface area (Å²) in [6.45, 7) is 4.91. The molecule has 1 heterocycles. The Balaban J connectivity index is 2.34. The Kier molecular flexibility index (Phi) is 4.70. The predicted octanol–water partition coefficient (Wildman–Crippen LogP) is 0.0908. The lowest BCUT2D eigenvalue weighted by Crippen LogP contribution is -2.41. The number of nitrogens with zero attached hydrogens (tertiary/aromatic N) is 2. The number of nitrogens with one attached hydrogen (secondary N) is 2.